The van der Waals surface area contributed by atoms with Gasteiger partial charge in [0.25, 0.3) is 0 Å². The molecule has 104 valence electrons. The van der Waals surface area contributed by atoms with Crippen LogP contribution in [-0.2, 0) is 6.61 Å². The minimum atomic E-state index is -0.251. The Kier molecular flexibility index (Phi) is 5.85. The van der Waals surface area contributed by atoms with Crippen LogP contribution in [0.3, 0.4) is 0 Å². The van der Waals surface area contributed by atoms with Crippen molar-refractivity contribution in [1.29, 1.82) is 5.26 Å². The van der Waals surface area contributed by atoms with E-state index in [0.717, 1.165) is 36.1 Å². The Bertz CT molecular complexity index is 447. The lowest BCUT2D eigenvalue weighted by molar-refractivity contribution is 0.257. The van der Waals surface area contributed by atoms with Crippen molar-refractivity contribution in [2.75, 3.05) is 6.61 Å². The van der Waals surface area contributed by atoms with Gasteiger partial charge in [0, 0.05) is 5.56 Å². The predicted octanol–water partition coefficient (Wildman–Crippen LogP) is 3.59. The number of unbranched alkanes of at least 4 members (excludes halogenated alkanes) is 1. The highest BCUT2D eigenvalue weighted by molar-refractivity contribution is 5.40. The van der Waals surface area contributed by atoms with Crippen LogP contribution in [0.1, 0.15) is 44.2 Å². The molecule has 0 fully saturated rings. The highest BCUT2D eigenvalue weighted by Crippen LogP contribution is 2.25. The smallest absolute Gasteiger partial charge is 0.127 e. The fourth-order valence-corrected chi connectivity index (χ4v) is 1.94. The lowest BCUT2D eigenvalue weighted by Crippen LogP contribution is -2.09. The zero-order chi connectivity index (χ0) is 14.3. The van der Waals surface area contributed by atoms with Crippen molar-refractivity contribution in [1.82, 2.24) is 0 Å². The van der Waals surface area contributed by atoms with Crippen molar-refractivity contribution in [3.8, 4) is 11.8 Å². The summed E-state index contributed by atoms with van der Waals surface area (Å²) in [7, 11) is 0. The maximum Gasteiger partial charge on any atom is 0.127 e. The van der Waals surface area contributed by atoms with Gasteiger partial charge in [-0.25, -0.2) is 0 Å². The van der Waals surface area contributed by atoms with Crippen molar-refractivity contribution in [3.63, 3.8) is 0 Å². The van der Waals surface area contributed by atoms with Crippen molar-refractivity contribution < 1.29 is 9.84 Å². The third-order valence-electron chi connectivity index (χ3n) is 3.21. The molecule has 0 unspecified atom stereocenters. The maximum atomic E-state index is 9.27. The van der Waals surface area contributed by atoms with Crippen LogP contribution in [0.15, 0.2) is 18.2 Å². The summed E-state index contributed by atoms with van der Waals surface area (Å²) in [6, 6.07) is 8.08. The maximum absolute atomic E-state index is 9.27. The van der Waals surface area contributed by atoms with Crippen LogP contribution in [0, 0.1) is 23.7 Å². The van der Waals surface area contributed by atoms with E-state index in [-0.39, 0.29) is 12.0 Å². The number of aliphatic hydroxyl groups excluding tert-OH is 1. The third kappa shape index (κ3) is 4.92. The van der Waals surface area contributed by atoms with Gasteiger partial charge in [0.1, 0.15) is 5.75 Å². The first-order valence-corrected chi connectivity index (χ1v) is 6.73. The average Bonchev–Trinajstić information content (AvgIpc) is 2.39. The summed E-state index contributed by atoms with van der Waals surface area (Å²) < 4.78 is 5.76. The molecule has 0 heterocycles. The van der Waals surface area contributed by atoms with Crippen molar-refractivity contribution in [3.05, 3.63) is 29.3 Å². The number of aliphatic hydroxyl groups is 1. The lowest BCUT2D eigenvalue weighted by atomic mass is 9.89. The van der Waals surface area contributed by atoms with Gasteiger partial charge in [-0.05, 0) is 45.6 Å². The van der Waals surface area contributed by atoms with Crippen LogP contribution in [0.25, 0.3) is 0 Å². The molecule has 1 aromatic rings. The SMILES string of the molecule is Cc1cccc(CO)c1OCCCCC(C)(C)C#N. The number of para-hydroxylation sites is 1. The molecule has 0 aliphatic rings. The molecule has 0 aromatic heterocycles. The molecule has 0 bridgehead atoms. The van der Waals surface area contributed by atoms with Crippen LogP contribution in [0.4, 0.5) is 0 Å². The molecule has 1 N–H and O–H groups in total. The van der Waals surface area contributed by atoms with E-state index >= 15 is 0 Å². The minimum Gasteiger partial charge on any atom is -0.493 e. The summed E-state index contributed by atoms with van der Waals surface area (Å²) in [5.41, 5.74) is 1.63. The molecule has 1 aromatic carbocycles. The van der Waals surface area contributed by atoms with Crippen molar-refractivity contribution >= 4 is 0 Å². The van der Waals surface area contributed by atoms with E-state index in [1.165, 1.54) is 0 Å². The largest absolute Gasteiger partial charge is 0.493 e. The zero-order valence-corrected chi connectivity index (χ0v) is 12.1. The van der Waals surface area contributed by atoms with Crippen molar-refractivity contribution in [2.24, 2.45) is 5.41 Å². The first kappa shape index (κ1) is 15.5. The molecular formula is C16H23NO2. The van der Waals surface area contributed by atoms with E-state index in [2.05, 4.69) is 6.07 Å². The number of nitriles is 1. The fraction of sp³-hybridized carbons (Fsp3) is 0.562. The number of hydrogen-bond acceptors (Lipinski definition) is 3. The van der Waals surface area contributed by atoms with Crippen LogP contribution < -0.4 is 4.74 Å². The number of aryl methyl sites for hydroxylation is 1. The molecule has 0 aliphatic heterocycles. The first-order chi connectivity index (χ1) is 9.00. The predicted molar refractivity (Wildman–Crippen MR) is 75.8 cm³/mol. The minimum absolute atomic E-state index is 0.00151. The summed E-state index contributed by atoms with van der Waals surface area (Å²) >= 11 is 0. The third-order valence-corrected chi connectivity index (χ3v) is 3.21. The van der Waals surface area contributed by atoms with Crippen LogP contribution in [0.2, 0.25) is 0 Å². The van der Waals surface area contributed by atoms with Gasteiger partial charge in [-0.2, -0.15) is 5.26 Å². The monoisotopic (exact) mass is 261 g/mol. The summed E-state index contributed by atoms with van der Waals surface area (Å²) in [6.45, 7) is 6.52. The number of hydrogen-bond donors (Lipinski definition) is 1. The Hall–Kier alpha value is -1.53. The standard InChI is InChI=1S/C16H23NO2/c1-13-7-6-8-14(11-18)15(13)19-10-5-4-9-16(2,3)12-17/h6-8,18H,4-5,9-11H2,1-3H3. The van der Waals surface area contributed by atoms with E-state index in [1.54, 1.807) is 0 Å². The molecule has 0 amide bonds. The molecule has 3 nitrogen and oxygen atoms in total. The molecule has 19 heavy (non-hydrogen) atoms. The van der Waals surface area contributed by atoms with E-state index in [9.17, 15) is 5.11 Å². The first-order valence-electron chi connectivity index (χ1n) is 6.73. The van der Waals surface area contributed by atoms with Crippen LogP contribution in [-0.4, -0.2) is 11.7 Å². The Balaban J connectivity index is 2.40. The molecule has 0 saturated heterocycles. The second-order valence-electron chi connectivity index (χ2n) is 5.52. The van der Waals surface area contributed by atoms with E-state index in [4.69, 9.17) is 10.00 Å². The van der Waals surface area contributed by atoms with E-state index < -0.39 is 0 Å². The van der Waals surface area contributed by atoms with E-state index in [0.29, 0.717) is 6.61 Å². The van der Waals surface area contributed by atoms with Gasteiger partial charge < -0.3 is 9.84 Å². The highest BCUT2D eigenvalue weighted by atomic mass is 16.5. The van der Waals surface area contributed by atoms with Gasteiger partial charge in [-0.3, -0.25) is 0 Å². The quantitative estimate of drug-likeness (QED) is 0.763. The average molecular weight is 261 g/mol. The van der Waals surface area contributed by atoms with Gasteiger partial charge in [0.05, 0.1) is 24.7 Å². The van der Waals surface area contributed by atoms with Crippen LogP contribution in [0.5, 0.6) is 5.75 Å². The topological polar surface area (TPSA) is 53.2 Å². The summed E-state index contributed by atoms with van der Waals surface area (Å²) in [5.74, 6) is 0.796. The van der Waals surface area contributed by atoms with Gasteiger partial charge in [0.15, 0.2) is 0 Å². The number of benzene rings is 1. The second-order valence-corrected chi connectivity index (χ2v) is 5.52. The van der Waals surface area contributed by atoms with Gasteiger partial charge in [0.2, 0.25) is 0 Å². The normalized spacial score (nSPS) is 11.1. The number of rotatable bonds is 7. The summed E-state index contributed by atoms with van der Waals surface area (Å²) in [4.78, 5) is 0. The molecule has 0 saturated carbocycles. The Labute approximate surface area is 115 Å². The molecule has 0 radical (unpaired) electrons. The van der Waals surface area contributed by atoms with E-state index in [1.807, 2.05) is 39.0 Å². The second kappa shape index (κ2) is 7.16. The summed E-state index contributed by atoms with van der Waals surface area (Å²) in [5, 5.41) is 18.2. The molecular weight excluding hydrogens is 238 g/mol. The van der Waals surface area contributed by atoms with Gasteiger partial charge in [-0.1, -0.05) is 18.2 Å². The van der Waals surface area contributed by atoms with Gasteiger partial charge >= 0.3 is 0 Å². The molecule has 1 rings (SSSR count). The Morgan fingerprint density at radius 3 is 2.68 bits per heavy atom. The number of nitrogens with zero attached hydrogens (tertiary/aromatic N) is 1. The Morgan fingerprint density at radius 2 is 2.05 bits per heavy atom. The van der Waals surface area contributed by atoms with Gasteiger partial charge in [-0.15, -0.1) is 0 Å². The molecule has 3 heteroatoms. The lowest BCUT2D eigenvalue weighted by Gasteiger charge is -2.15. The zero-order valence-electron chi connectivity index (χ0n) is 12.1. The fourth-order valence-electron chi connectivity index (χ4n) is 1.94. The number of ether oxygens (including phenoxy) is 1. The molecule has 0 aliphatic carbocycles. The summed E-state index contributed by atoms with van der Waals surface area (Å²) in [6.07, 6.45) is 2.78. The van der Waals surface area contributed by atoms with Crippen LogP contribution >= 0.6 is 0 Å². The molecule has 0 atom stereocenters. The van der Waals surface area contributed by atoms with Crippen molar-refractivity contribution in [2.45, 2.75) is 46.6 Å². The Morgan fingerprint density at radius 1 is 1.32 bits per heavy atom. The highest BCUT2D eigenvalue weighted by Gasteiger charge is 2.15. The molecule has 0 spiro atoms.